The Kier molecular flexibility index (Phi) is 6.29. The summed E-state index contributed by atoms with van der Waals surface area (Å²) in [6, 6.07) is -0.813. The molecule has 8 nitrogen and oxygen atoms in total. The first kappa shape index (κ1) is 21.0. The molecule has 8 heteroatoms. The number of hydrogen-bond donors (Lipinski definition) is 3. The maximum Gasteiger partial charge on any atom is 0.246 e. The van der Waals surface area contributed by atoms with Crippen LogP contribution in [0.3, 0.4) is 0 Å². The lowest BCUT2D eigenvalue weighted by Gasteiger charge is -2.34. The summed E-state index contributed by atoms with van der Waals surface area (Å²) in [6.45, 7) is 6.34. The number of fused-ring (bicyclic) bond motifs is 1. The molecular weight excluding hydrogens is 362 g/mol. The molecule has 3 amide bonds. The fraction of sp³-hybridized carbons (Fsp3) is 0.850. The highest BCUT2D eigenvalue weighted by Crippen LogP contribution is 2.58. The van der Waals surface area contributed by atoms with Gasteiger partial charge in [-0.05, 0) is 32.6 Å². The average molecular weight is 396 g/mol. The minimum absolute atomic E-state index is 0.0127. The van der Waals surface area contributed by atoms with E-state index < -0.39 is 23.5 Å². The fourth-order valence-corrected chi connectivity index (χ4v) is 5.30. The van der Waals surface area contributed by atoms with Crippen LogP contribution in [-0.2, 0) is 19.1 Å². The van der Waals surface area contributed by atoms with Crippen molar-refractivity contribution in [2.24, 2.45) is 11.8 Å². The van der Waals surface area contributed by atoms with Crippen LogP contribution < -0.4 is 10.6 Å². The van der Waals surface area contributed by atoms with Crippen molar-refractivity contribution in [3.8, 4) is 0 Å². The summed E-state index contributed by atoms with van der Waals surface area (Å²) < 4.78 is 6.25. The van der Waals surface area contributed by atoms with E-state index in [2.05, 4.69) is 17.6 Å². The third-order valence-electron chi connectivity index (χ3n) is 6.35. The maximum atomic E-state index is 13.3. The number of rotatable bonds is 9. The predicted molar refractivity (Wildman–Crippen MR) is 102 cm³/mol. The van der Waals surface area contributed by atoms with E-state index in [0.29, 0.717) is 19.4 Å². The minimum Gasteiger partial charge on any atom is -0.395 e. The van der Waals surface area contributed by atoms with Crippen LogP contribution in [-0.4, -0.2) is 71.2 Å². The summed E-state index contributed by atoms with van der Waals surface area (Å²) in [5.41, 5.74) is -0.971. The van der Waals surface area contributed by atoms with Gasteiger partial charge in [0.05, 0.1) is 24.5 Å². The van der Waals surface area contributed by atoms with Crippen molar-refractivity contribution in [3.05, 3.63) is 0 Å². The molecular formula is C20H33N3O5. The highest BCUT2D eigenvalue weighted by Gasteiger charge is 2.74. The molecule has 0 aromatic carbocycles. The van der Waals surface area contributed by atoms with E-state index in [4.69, 9.17) is 4.74 Å². The third-order valence-corrected chi connectivity index (χ3v) is 6.35. The minimum atomic E-state index is -0.971. The van der Waals surface area contributed by atoms with Crippen LogP contribution in [0.15, 0.2) is 0 Å². The number of likely N-dealkylation sites (tertiary alicyclic amines) is 1. The summed E-state index contributed by atoms with van der Waals surface area (Å²) in [4.78, 5) is 40.6. The quantitative estimate of drug-likeness (QED) is 0.516. The highest BCUT2D eigenvalue weighted by atomic mass is 16.5. The molecule has 2 bridgehead atoms. The number of amides is 3. The van der Waals surface area contributed by atoms with Crippen LogP contribution in [0.4, 0.5) is 0 Å². The molecule has 1 spiro atoms. The van der Waals surface area contributed by atoms with Crippen LogP contribution >= 0.6 is 0 Å². The van der Waals surface area contributed by atoms with E-state index in [0.717, 1.165) is 19.3 Å². The van der Waals surface area contributed by atoms with Gasteiger partial charge in [0.2, 0.25) is 17.7 Å². The molecule has 3 aliphatic heterocycles. The lowest BCUT2D eigenvalue weighted by Crippen LogP contribution is -2.56. The average Bonchev–Trinajstić information content (AvgIpc) is 3.28. The number of β-amino-alcohol motifs (C(OH)–C–C–N with tert-alkyl or cyclic N) is 1. The molecule has 0 aromatic rings. The van der Waals surface area contributed by atoms with E-state index in [1.54, 1.807) is 0 Å². The standard InChI is InChI=1S/C20H33N3O5/c1-4-6-12(3)22-18(26)16-20-8-7-13(28-20)14(17(25)21-9-5-2)15(20)19(27)23(16)10-11-24/h12-16,24H,4-11H2,1-3H3,(H,21,25)(H,22,26)/t12?,13-,14+,15+,16?,20?/m1/s1. The number of carbonyl (C=O) groups excluding carboxylic acids is 3. The number of nitrogens with zero attached hydrogens (tertiary/aromatic N) is 1. The molecule has 3 fully saturated rings. The summed E-state index contributed by atoms with van der Waals surface area (Å²) in [6.07, 6.45) is 3.50. The first-order chi connectivity index (χ1) is 13.4. The zero-order valence-corrected chi connectivity index (χ0v) is 17.1. The monoisotopic (exact) mass is 395 g/mol. The molecule has 3 unspecified atom stereocenters. The van der Waals surface area contributed by atoms with Crippen molar-refractivity contribution >= 4 is 17.7 Å². The molecule has 3 rings (SSSR count). The van der Waals surface area contributed by atoms with Crippen molar-refractivity contribution in [2.45, 2.75) is 76.7 Å². The lowest BCUT2D eigenvalue weighted by atomic mass is 9.70. The first-order valence-electron chi connectivity index (χ1n) is 10.6. The van der Waals surface area contributed by atoms with E-state index in [9.17, 15) is 19.5 Å². The van der Waals surface area contributed by atoms with Gasteiger partial charge in [0.15, 0.2) is 0 Å². The molecule has 3 N–H and O–H groups in total. The summed E-state index contributed by atoms with van der Waals surface area (Å²) >= 11 is 0. The molecule has 0 aliphatic carbocycles. The first-order valence-corrected chi connectivity index (χ1v) is 10.6. The van der Waals surface area contributed by atoms with Crippen molar-refractivity contribution in [3.63, 3.8) is 0 Å². The van der Waals surface area contributed by atoms with E-state index in [1.165, 1.54) is 4.90 Å². The van der Waals surface area contributed by atoms with Crippen LogP contribution in [0, 0.1) is 11.8 Å². The van der Waals surface area contributed by atoms with Gasteiger partial charge in [-0.15, -0.1) is 0 Å². The Morgan fingerprint density at radius 3 is 2.71 bits per heavy atom. The van der Waals surface area contributed by atoms with E-state index >= 15 is 0 Å². The SMILES string of the molecule is CCCNC(=O)[C@@H]1[C@H]2C(=O)N(CCO)C(C(=O)NC(C)CCC)C23CC[C@H]1O3. The second-order valence-electron chi connectivity index (χ2n) is 8.30. The van der Waals surface area contributed by atoms with Gasteiger partial charge in [-0.25, -0.2) is 0 Å². The molecule has 0 aromatic heterocycles. The lowest BCUT2D eigenvalue weighted by molar-refractivity contribution is -0.142. The van der Waals surface area contributed by atoms with Gasteiger partial charge in [0, 0.05) is 19.1 Å². The second kappa shape index (κ2) is 8.37. The van der Waals surface area contributed by atoms with Gasteiger partial charge in [-0.2, -0.15) is 0 Å². The number of nitrogens with one attached hydrogen (secondary N) is 2. The smallest absolute Gasteiger partial charge is 0.246 e. The van der Waals surface area contributed by atoms with Crippen LogP contribution in [0.1, 0.15) is 52.9 Å². The zero-order valence-electron chi connectivity index (χ0n) is 17.1. The van der Waals surface area contributed by atoms with Crippen LogP contribution in [0.5, 0.6) is 0 Å². The Labute approximate surface area is 166 Å². The molecule has 158 valence electrons. The topological polar surface area (TPSA) is 108 Å². The normalized spacial score (nSPS) is 34.4. The Morgan fingerprint density at radius 1 is 1.32 bits per heavy atom. The molecule has 3 saturated heterocycles. The highest BCUT2D eigenvalue weighted by molar-refractivity contribution is 5.98. The third kappa shape index (κ3) is 3.30. The zero-order chi connectivity index (χ0) is 20.5. The molecule has 6 atom stereocenters. The molecule has 28 heavy (non-hydrogen) atoms. The van der Waals surface area contributed by atoms with Gasteiger partial charge >= 0.3 is 0 Å². The van der Waals surface area contributed by atoms with Gasteiger partial charge in [-0.1, -0.05) is 20.3 Å². The Balaban J connectivity index is 1.89. The van der Waals surface area contributed by atoms with Gasteiger partial charge in [-0.3, -0.25) is 14.4 Å². The second-order valence-corrected chi connectivity index (χ2v) is 8.30. The van der Waals surface area contributed by atoms with Crippen molar-refractivity contribution < 1.29 is 24.2 Å². The van der Waals surface area contributed by atoms with E-state index in [1.807, 2.05) is 13.8 Å². The fourth-order valence-electron chi connectivity index (χ4n) is 5.30. The molecule has 0 saturated carbocycles. The summed E-state index contributed by atoms with van der Waals surface area (Å²) in [5, 5.41) is 15.4. The molecule has 3 heterocycles. The van der Waals surface area contributed by atoms with Gasteiger partial charge in [0.25, 0.3) is 0 Å². The van der Waals surface area contributed by atoms with Gasteiger partial charge < -0.3 is 25.4 Å². The van der Waals surface area contributed by atoms with Crippen molar-refractivity contribution in [2.75, 3.05) is 19.7 Å². The Hall–Kier alpha value is -1.67. The van der Waals surface area contributed by atoms with Crippen LogP contribution in [0.25, 0.3) is 0 Å². The molecule has 3 aliphatic rings. The van der Waals surface area contributed by atoms with Crippen molar-refractivity contribution in [1.82, 2.24) is 15.5 Å². The number of hydrogen-bond acceptors (Lipinski definition) is 5. The molecule has 0 radical (unpaired) electrons. The summed E-state index contributed by atoms with van der Waals surface area (Å²) in [5.74, 6) is -1.90. The van der Waals surface area contributed by atoms with Crippen LogP contribution in [0.2, 0.25) is 0 Å². The predicted octanol–water partition coefficient (Wildman–Crippen LogP) is 0.184. The number of aliphatic hydroxyl groups is 1. The number of carbonyl (C=O) groups is 3. The Bertz CT molecular complexity index is 627. The summed E-state index contributed by atoms with van der Waals surface area (Å²) in [7, 11) is 0. The van der Waals surface area contributed by atoms with Crippen molar-refractivity contribution in [1.29, 1.82) is 0 Å². The van der Waals surface area contributed by atoms with Gasteiger partial charge in [0.1, 0.15) is 11.6 Å². The Morgan fingerprint density at radius 2 is 2.07 bits per heavy atom. The van der Waals surface area contributed by atoms with E-state index in [-0.39, 0.29) is 43.0 Å². The maximum absolute atomic E-state index is 13.3. The number of aliphatic hydroxyl groups excluding tert-OH is 1. The number of ether oxygens (including phenoxy) is 1. The largest absolute Gasteiger partial charge is 0.395 e.